The Labute approximate surface area is 151 Å². The lowest BCUT2D eigenvalue weighted by Crippen LogP contribution is -2.52. The Morgan fingerprint density at radius 1 is 1.12 bits per heavy atom. The first kappa shape index (κ1) is 16.3. The first-order valence-electron chi connectivity index (χ1n) is 8.57. The Morgan fingerprint density at radius 2 is 1.88 bits per heavy atom. The molecule has 0 spiro atoms. The first-order chi connectivity index (χ1) is 12.7. The maximum Gasteiger partial charge on any atom is 0.231 e. The van der Waals surface area contributed by atoms with Gasteiger partial charge in [0.1, 0.15) is 5.75 Å². The maximum absolute atomic E-state index is 12.5. The average Bonchev–Trinajstić information content (AvgIpc) is 2.63. The molecule has 1 aliphatic heterocycles. The fourth-order valence-corrected chi connectivity index (χ4v) is 3.22. The van der Waals surface area contributed by atoms with E-state index in [1.165, 1.54) is 0 Å². The van der Waals surface area contributed by atoms with E-state index in [1.807, 2.05) is 43.3 Å². The van der Waals surface area contributed by atoms with Crippen molar-refractivity contribution in [1.82, 2.24) is 10.2 Å². The summed E-state index contributed by atoms with van der Waals surface area (Å²) < 4.78 is 5.19. The molecule has 0 radical (unpaired) electrons. The van der Waals surface area contributed by atoms with Crippen molar-refractivity contribution in [1.29, 1.82) is 0 Å². The zero-order valence-corrected chi connectivity index (χ0v) is 14.8. The number of anilines is 2. The Balaban J connectivity index is 1.45. The fourth-order valence-electron chi connectivity index (χ4n) is 3.22. The van der Waals surface area contributed by atoms with Gasteiger partial charge in [-0.3, -0.25) is 4.79 Å². The number of aryl methyl sites for hydroxylation is 1. The van der Waals surface area contributed by atoms with E-state index in [0.29, 0.717) is 13.1 Å². The molecule has 0 bridgehead atoms. The second-order valence-electron chi connectivity index (χ2n) is 6.48. The lowest BCUT2D eigenvalue weighted by Gasteiger charge is -2.39. The van der Waals surface area contributed by atoms with Crippen molar-refractivity contribution in [2.75, 3.05) is 30.4 Å². The van der Waals surface area contributed by atoms with Crippen molar-refractivity contribution < 1.29 is 9.53 Å². The van der Waals surface area contributed by atoms with Gasteiger partial charge in [-0.2, -0.15) is 5.10 Å². The number of hydrogen-bond donors (Lipinski definition) is 1. The van der Waals surface area contributed by atoms with Crippen LogP contribution in [0.4, 0.5) is 11.5 Å². The number of benzene rings is 2. The van der Waals surface area contributed by atoms with Crippen molar-refractivity contribution in [3.8, 4) is 5.75 Å². The zero-order valence-electron chi connectivity index (χ0n) is 14.8. The van der Waals surface area contributed by atoms with Gasteiger partial charge < -0.3 is 15.0 Å². The summed E-state index contributed by atoms with van der Waals surface area (Å²) in [4.78, 5) is 14.6. The number of nitrogens with zero attached hydrogens (tertiary/aromatic N) is 3. The molecule has 1 saturated heterocycles. The number of aromatic nitrogens is 2. The van der Waals surface area contributed by atoms with E-state index in [4.69, 9.17) is 4.74 Å². The summed E-state index contributed by atoms with van der Waals surface area (Å²) in [7, 11) is 1.61. The SMILES string of the molecule is COc1cccc(NC(=O)C2CN(c3nnc(C)c4ccccc34)C2)c1. The highest BCUT2D eigenvalue weighted by atomic mass is 16.5. The molecule has 6 nitrogen and oxygen atoms in total. The lowest BCUT2D eigenvalue weighted by atomic mass is 9.98. The number of carbonyl (C=O) groups is 1. The Morgan fingerprint density at radius 3 is 2.65 bits per heavy atom. The van der Waals surface area contributed by atoms with Crippen LogP contribution in [0, 0.1) is 12.8 Å². The third-order valence-electron chi connectivity index (χ3n) is 4.74. The molecule has 1 fully saturated rings. The zero-order chi connectivity index (χ0) is 18.1. The maximum atomic E-state index is 12.5. The molecule has 0 atom stereocenters. The Hall–Kier alpha value is -3.15. The van der Waals surface area contributed by atoms with Gasteiger partial charge in [0.2, 0.25) is 5.91 Å². The summed E-state index contributed by atoms with van der Waals surface area (Å²) in [5, 5.41) is 13.7. The lowest BCUT2D eigenvalue weighted by molar-refractivity contribution is -0.120. The summed E-state index contributed by atoms with van der Waals surface area (Å²) in [6.07, 6.45) is 0. The highest BCUT2D eigenvalue weighted by molar-refractivity contribution is 5.97. The Kier molecular flexibility index (Phi) is 4.16. The van der Waals surface area contributed by atoms with Gasteiger partial charge in [-0.05, 0) is 19.1 Å². The van der Waals surface area contributed by atoms with Crippen molar-refractivity contribution >= 4 is 28.2 Å². The molecule has 3 aromatic rings. The largest absolute Gasteiger partial charge is 0.497 e. The minimum absolute atomic E-state index is 0.0129. The molecule has 4 rings (SSSR count). The van der Waals surface area contributed by atoms with Crippen molar-refractivity contribution in [2.45, 2.75) is 6.92 Å². The predicted molar refractivity (Wildman–Crippen MR) is 102 cm³/mol. The topological polar surface area (TPSA) is 67.3 Å². The van der Waals surface area contributed by atoms with E-state index >= 15 is 0 Å². The van der Waals surface area contributed by atoms with Gasteiger partial charge in [-0.25, -0.2) is 0 Å². The molecule has 2 heterocycles. The van der Waals surface area contributed by atoms with Crippen LogP contribution in [0.5, 0.6) is 5.75 Å². The number of carbonyl (C=O) groups excluding carboxylic acids is 1. The molecule has 26 heavy (non-hydrogen) atoms. The summed E-state index contributed by atoms with van der Waals surface area (Å²) in [6, 6.07) is 15.5. The quantitative estimate of drug-likeness (QED) is 0.785. The third-order valence-corrected chi connectivity index (χ3v) is 4.74. The molecule has 1 N–H and O–H groups in total. The van der Waals surface area contributed by atoms with Gasteiger partial charge >= 0.3 is 0 Å². The van der Waals surface area contributed by atoms with Gasteiger partial charge in [0.25, 0.3) is 0 Å². The van der Waals surface area contributed by atoms with E-state index in [0.717, 1.165) is 33.7 Å². The molecule has 0 unspecified atom stereocenters. The fraction of sp³-hybridized carbons (Fsp3) is 0.250. The van der Waals surface area contributed by atoms with Crippen molar-refractivity contribution in [3.63, 3.8) is 0 Å². The molecule has 1 aliphatic rings. The van der Waals surface area contributed by atoms with Crippen LogP contribution >= 0.6 is 0 Å². The molecule has 132 valence electrons. The standard InChI is InChI=1S/C20H20N4O2/c1-13-17-8-3-4-9-18(17)19(23-22-13)24-11-14(12-24)20(25)21-15-6-5-7-16(10-15)26-2/h3-10,14H,11-12H2,1-2H3,(H,21,25). The van der Waals surface area contributed by atoms with Crippen LogP contribution in [0.3, 0.4) is 0 Å². The molecular formula is C20H20N4O2. The third kappa shape index (κ3) is 2.94. The van der Waals surface area contributed by atoms with Gasteiger partial charge in [0.05, 0.1) is 18.7 Å². The number of amides is 1. The second kappa shape index (κ2) is 6.63. The van der Waals surface area contributed by atoms with Gasteiger partial charge in [-0.15, -0.1) is 5.10 Å². The normalized spacial score (nSPS) is 14.2. The summed E-state index contributed by atoms with van der Waals surface area (Å²) >= 11 is 0. The van der Waals surface area contributed by atoms with Gasteiger partial charge in [-0.1, -0.05) is 30.3 Å². The van der Waals surface area contributed by atoms with Crippen LogP contribution in [0.25, 0.3) is 10.8 Å². The first-order valence-corrected chi connectivity index (χ1v) is 8.57. The van der Waals surface area contributed by atoms with E-state index in [1.54, 1.807) is 7.11 Å². The highest BCUT2D eigenvalue weighted by Gasteiger charge is 2.34. The van der Waals surface area contributed by atoms with Crippen LogP contribution in [-0.2, 0) is 4.79 Å². The van der Waals surface area contributed by atoms with Crippen LogP contribution in [0.15, 0.2) is 48.5 Å². The van der Waals surface area contributed by atoms with Crippen molar-refractivity contribution in [3.05, 3.63) is 54.2 Å². The number of nitrogens with one attached hydrogen (secondary N) is 1. The number of methoxy groups -OCH3 is 1. The smallest absolute Gasteiger partial charge is 0.231 e. The predicted octanol–water partition coefficient (Wildman–Crippen LogP) is 3.02. The summed E-state index contributed by atoms with van der Waals surface area (Å²) in [5.74, 6) is 1.51. The molecule has 2 aromatic carbocycles. The van der Waals surface area contributed by atoms with Crippen molar-refractivity contribution in [2.24, 2.45) is 5.92 Å². The van der Waals surface area contributed by atoms with Crippen LogP contribution < -0.4 is 15.0 Å². The molecule has 6 heteroatoms. The van der Waals surface area contributed by atoms with Gasteiger partial charge in [0.15, 0.2) is 5.82 Å². The molecule has 0 saturated carbocycles. The molecular weight excluding hydrogens is 328 g/mol. The molecule has 1 aromatic heterocycles. The van der Waals surface area contributed by atoms with Crippen LogP contribution in [-0.4, -0.2) is 36.3 Å². The number of ether oxygens (including phenoxy) is 1. The Bertz CT molecular complexity index is 967. The second-order valence-corrected chi connectivity index (χ2v) is 6.48. The van der Waals surface area contributed by atoms with E-state index in [9.17, 15) is 4.79 Å². The minimum atomic E-state index is -0.0666. The van der Waals surface area contributed by atoms with E-state index in [2.05, 4.69) is 32.5 Å². The van der Waals surface area contributed by atoms with E-state index < -0.39 is 0 Å². The summed E-state index contributed by atoms with van der Waals surface area (Å²) in [6.45, 7) is 3.23. The number of hydrogen-bond acceptors (Lipinski definition) is 5. The average molecular weight is 348 g/mol. The number of fused-ring (bicyclic) bond motifs is 1. The van der Waals surface area contributed by atoms with E-state index in [-0.39, 0.29) is 11.8 Å². The highest BCUT2D eigenvalue weighted by Crippen LogP contribution is 2.31. The minimum Gasteiger partial charge on any atom is -0.497 e. The monoisotopic (exact) mass is 348 g/mol. The molecule has 1 amide bonds. The molecule has 0 aliphatic carbocycles. The van der Waals surface area contributed by atoms with Crippen LogP contribution in [0.2, 0.25) is 0 Å². The van der Waals surface area contributed by atoms with Gasteiger partial charge in [0, 0.05) is 35.6 Å². The summed E-state index contributed by atoms with van der Waals surface area (Å²) in [5.41, 5.74) is 1.66. The van der Waals surface area contributed by atoms with Crippen LogP contribution in [0.1, 0.15) is 5.69 Å². The number of rotatable bonds is 4.